The molecule has 1 amide bonds. The van der Waals surface area contributed by atoms with Crippen molar-refractivity contribution in [2.24, 2.45) is 11.7 Å². The van der Waals surface area contributed by atoms with Gasteiger partial charge in [0.25, 0.3) is 5.91 Å². The van der Waals surface area contributed by atoms with E-state index in [0.29, 0.717) is 17.1 Å². The third-order valence-electron chi connectivity index (χ3n) is 0.964. The van der Waals surface area contributed by atoms with Crippen molar-refractivity contribution in [1.29, 1.82) is 0 Å². The SMILES string of the molecule is C=C(CC)C(=O)N(N)N. The molecule has 0 atom stereocenters. The van der Waals surface area contributed by atoms with E-state index in [9.17, 15) is 4.79 Å². The van der Waals surface area contributed by atoms with E-state index in [0.717, 1.165) is 0 Å². The summed E-state index contributed by atoms with van der Waals surface area (Å²) in [5, 5.41) is 0.534. The molecule has 0 aromatic heterocycles. The van der Waals surface area contributed by atoms with Crippen molar-refractivity contribution < 1.29 is 4.79 Å². The summed E-state index contributed by atoms with van der Waals surface area (Å²) in [6.07, 6.45) is 0.573. The van der Waals surface area contributed by atoms with Crippen LogP contribution in [0, 0.1) is 0 Å². The highest BCUT2D eigenvalue weighted by Gasteiger charge is 2.06. The van der Waals surface area contributed by atoms with E-state index in [1.165, 1.54) is 0 Å². The quantitative estimate of drug-likeness (QED) is 0.229. The van der Waals surface area contributed by atoms with Crippen molar-refractivity contribution in [3.8, 4) is 0 Å². The first-order valence-corrected chi connectivity index (χ1v) is 2.61. The van der Waals surface area contributed by atoms with Crippen LogP contribution in [0.15, 0.2) is 12.2 Å². The Kier molecular flexibility index (Phi) is 2.90. The first kappa shape index (κ1) is 8.13. The highest BCUT2D eigenvalue weighted by Crippen LogP contribution is 1.96. The normalized spacial score (nSPS) is 8.78. The van der Waals surface area contributed by atoms with Crippen molar-refractivity contribution in [1.82, 2.24) is 5.12 Å². The van der Waals surface area contributed by atoms with Gasteiger partial charge in [0.05, 0.1) is 0 Å². The third-order valence-corrected chi connectivity index (χ3v) is 0.964. The summed E-state index contributed by atoms with van der Waals surface area (Å²) in [7, 11) is 0. The van der Waals surface area contributed by atoms with E-state index in [1.807, 2.05) is 6.92 Å². The van der Waals surface area contributed by atoms with Gasteiger partial charge in [-0.1, -0.05) is 13.5 Å². The third kappa shape index (κ3) is 2.25. The highest BCUT2D eigenvalue weighted by molar-refractivity contribution is 5.91. The molecule has 9 heavy (non-hydrogen) atoms. The largest absolute Gasteiger partial charge is 0.277 e. The van der Waals surface area contributed by atoms with E-state index >= 15 is 0 Å². The minimum Gasteiger partial charge on any atom is -0.267 e. The maximum absolute atomic E-state index is 10.7. The molecule has 0 aliphatic carbocycles. The number of carbonyl (C=O) groups is 1. The standard InChI is InChI=1S/C5H11N3O/c1-3-4(2)5(9)8(6)7/h2-3,6-7H2,1H3. The lowest BCUT2D eigenvalue weighted by Gasteiger charge is -2.08. The second-order valence-electron chi connectivity index (χ2n) is 1.67. The number of rotatable bonds is 2. The molecule has 0 aromatic rings. The number of nitrogens with zero attached hydrogens (tertiary/aromatic N) is 1. The first-order valence-electron chi connectivity index (χ1n) is 2.61. The van der Waals surface area contributed by atoms with Crippen LogP contribution in [0.1, 0.15) is 13.3 Å². The summed E-state index contributed by atoms with van der Waals surface area (Å²) in [6.45, 7) is 5.25. The van der Waals surface area contributed by atoms with Crippen molar-refractivity contribution >= 4 is 5.91 Å². The van der Waals surface area contributed by atoms with Crippen LogP contribution in [0.2, 0.25) is 0 Å². The van der Waals surface area contributed by atoms with Gasteiger partial charge in [-0.15, -0.1) is 0 Å². The first-order chi connectivity index (χ1) is 4.09. The zero-order valence-corrected chi connectivity index (χ0v) is 5.42. The smallest absolute Gasteiger partial charge is 0.267 e. The molecule has 0 saturated heterocycles. The lowest BCUT2D eigenvalue weighted by molar-refractivity contribution is -0.127. The summed E-state index contributed by atoms with van der Waals surface area (Å²) < 4.78 is 0. The average molecular weight is 129 g/mol. The molecule has 0 rings (SSSR count). The van der Waals surface area contributed by atoms with E-state index in [4.69, 9.17) is 11.7 Å². The van der Waals surface area contributed by atoms with Crippen molar-refractivity contribution in [2.75, 3.05) is 0 Å². The number of carbonyl (C=O) groups excluding carboxylic acids is 1. The lowest BCUT2D eigenvalue weighted by Crippen LogP contribution is -2.43. The Morgan fingerprint density at radius 1 is 1.67 bits per heavy atom. The Balaban J connectivity index is 3.89. The fraction of sp³-hybridized carbons (Fsp3) is 0.400. The molecule has 4 N–H and O–H groups in total. The highest BCUT2D eigenvalue weighted by atomic mass is 16.2. The number of hydrogen-bond donors (Lipinski definition) is 2. The zero-order valence-electron chi connectivity index (χ0n) is 5.42. The fourth-order valence-corrected chi connectivity index (χ4v) is 0.334. The Morgan fingerprint density at radius 2 is 2.11 bits per heavy atom. The van der Waals surface area contributed by atoms with Gasteiger partial charge in [-0.05, 0) is 6.42 Å². The van der Waals surface area contributed by atoms with Gasteiger partial charge in [-0.2, -0.15) is 0 Å². The molecule has 0 unspecified atom stereocenters. The summed E-state index contributed by atoms with van der Waals surface area (Å²) in [5.41, 5.74) is 0.417. The lowest BCUT2D eigenvalue weighted by atomic mass is 10.2. The molecule has 0 spiro atoms. The topological polar surface area (TPSA) is 72.3 Å². The maximum atomic E-state index is 10.7. The van der Waals surface area contributed by atoms with Gasteiger partial charge in [-0.25, -0.2) is 16.8 Å². The van der Waals surface area contributed by atoms with Gasteiger partial charge in [0.15, 0.2) is 0 Å². The van der Waals surface area contributed by atoms with Crippen LogP contribution in [0.4, 0.5) is 0 Å². The molecule has 4 heteroatoms. The van der Waals surface area contributed by atoms with E-state index in [1.54, 1.807) is 0 Å². The van der Waals surface area contributed by atoms with Crippen LogP contribution in [0.25, 0.3) is 0 Å². The molecular formula is C5H11N3O. The molecule has 0 aromatic carbocycles. The van der Waals surface area contributed by atoms with E-state index in [2.05, 4.69) is 6.58 Å². The molecule has 0 aliphatic heterocycles. The molecule has 0 heterocycles. The fourth-order valence-electron chi connectivity index (χ4n) is 0.334. The number of amides is 1. The Morgan fingerprint density at radius 3 is 2.22 bits per heavy atom. The number of nitrogens with two attached hydrogens (primary N) is 2. The van der Waals surface area contributed by atoms with Crippen LogP contribution in [-0.4, -0.2) is 11.0 Å². The Bertz CT molecular complexity index is 130. The second-order valence-corrected chi connectivity index (χ2v) is 1.67. The maximum Gasteiger partial charge on any atom is 0.277 e. The predicted octanol–water partition coefficient (Wildman–Crippen LogP) is -0.471. The molecule has 0 bridgehead atoms. The number of hydrogen-bond acceptors (Lipinski definition) is 3. The van der Waals surface area contributed by atoms with Crippen molar-refractivity contribution in [3.05, 3.63) is 12.2 Å². The number of hydrazine groups is 2. The predicted molar refractivity (Wildman–Crippen MR) is 34.7 cm³/mol. The summed E-state index contributed by atoms with van der Waals surface area (Å²) in [4.78, 5) is 10.7. The van der Waals surface area contributed by atoms with Gasteiger partial charge in [0.1, 0.15) is 0 Å². The van der Waals surface area contributed by atoms with Gasteiger partial charge >= 0.3 is 0 Å². The summed E-state index contributed by atoms with van der Waals surface area (Å²) >= 11 is 0. The van der Waals surface area contributed by atoms with E-state index < -0.39 is 5.91 Å². The molecule has 0 fully saturated rings. The van der Waals surface area contributed by atoms with Crippen molar-refractivity contribution in [3.63, 3.8) is 0 Å². The zero-order chi connectivity index (χ0) is 7.44. The minimum absolute atomic E-state index is 0.417. The van der Waals surface area contributed by atoms with Crippen LogP contribution in [-0.2, 0) is 4.79 Å². The van der Waals surface area contributed by atoms with Gasteiger partial charge in [0.2, 0.25) is 0 Å². The Labute approximate surface area is 54.1 Å². The van der Waals surface area contributed by atoms with Gasteiger partial charge in [-0.3, -0.25) is 4.79 Å². The molecule has 0 saturated carbocycles. The molecule has 52 valence electrons. The van der Waals surface area contributed by atoms with E-state index in [-0.39, 0.29) is 0 Å². The van der Waals surface area contributed by atoms with Gasteiger partial charge < -0.3 is 0 Å². The van der Waals surface area contributed by atoms with Crippen LogP contribution in [0.5, 0.6) is 0 Å². The molecule has 0 radical (unpaired) electrons. The molecule has 0 aliphatic rings. The Hall–Kier alpha value is -0.870. The minimum atomic E-state index is -0.419. The molecule has 4 nitrogen and oxygen atoms in total. The van der Waals surface area contributed by atoms with Crippen LogP contribution < -0.4 is 11.7 Å². The summed E-state index contributed by atoms with van der Waals surface area (Å²) in [5.74, 6) is 9.41. The van der Waals surface area contributed by atoms with Crippen molar-refractivity contribution in [2.45, 2.75) is 13.3 Å². The average Bonchev–Trinajstić information content (AvgIpc) is 1.84. The van der Waals surface area contributed by atoms with Crippen LogP contribution >= 0.6 is 0 Å². The second kappa shape index (κ2) is 3.21. The van der Waals surface area contributed by atoms with Crippen LogP contribution in [0.3, 0.4) is 0 Å². The van der Waals surface area contributed by atoms with Gasteiger partial charge in [0, 0.05) is 5.57 Å². The summed E-state index contributed by atoms with van der Waals surface area (Å²) in [6, 6.07) is 0. The monoisotopic (exact) mass is 129 g/mol. The molecular weight excluding hydrogens is 118 g/mol.